The summed E-state index contributed by atoms with van der Waals surface area (Å²) in [5.41, 5.74) is 0.933. The van der Waals surface area contributed by atoms with Gasteiger partial charge in [0.15, 0.2) is 0 Å². The van der Waals surface area contributed by atoms with Crippen LogP contribution >= 0.6 is 15.9 Å². The van der Waals surface area contributed by atoms with Crippen LogP contribution in [0.15, 0.2) is 41.1 Å². The molecule has 3 atom stereocenters. The van der Waals surface area contributed by atoms with Gasteiger partial charge in [0.1, 0.15) is 35.8 Å². The maximum absolute atomic E-state index is 13.8. The fourth-order valence-corrected chi connectivity index (χ4v) is 5.35. The van der Waals surface area contributed by atoms with E-state index in [0.717, 1.165) is 0 Å². The van der Waals surface area contributed by atoms with Crippen LogP contribution in [0.4, 0.5) is 21.6 Å². The van der Waals surface area contributed by atoms with Gasteiger partial charge in [-0.3, -0.25) is 14.4 Å². The molecular formula is C30H37BrFN7O4. The van der Waals surface area contributed by atoms with E-state index >= 15 is 0 Å². The number of rotatable bonds is 9. The second-order valence-corrected chi connectivity index (χ2v) is 12.4. The van der Waals surface area contributed by atoms with Crippen molar-refractivity contribution in [1.29, 1.82) is 0 Å². The van der Waals surface area contributed by atoms with Gasteiger partial charge in [-0.05, 0) is 72.4 Å². The SMILES string of the molecule is CNC(C)C(=O)NC(C(=O)N1CCCC1C(=O)Nc1cc2c(Nc3ccc(F)cc3Br)ncnc2cc1OC)C(C)(C)C. The molecule has 1 fully saturated rings. The molecule has 11 nitrogen and oxygen atoms in total. The van der Waals surface area contributed by atoms with Crippen molar-refractivity contribution in [2.45, 2.75) is 58.7 Å². The number of halogens is 2. The van der Waals surface area contributed by atoms with Crippen molar-refractivity contribution in [3.05, 3.63) is 46.9 Å². The first-order valence-corrected chi connectivity index (χ1v) is 14.8. The van der Waals surface area contributed by atoms with Crippen molar-refractivity contribution in [3.8, 4) is 5.75 Å². The van der Waals surface area contributed by atoms with Crippen LogP contribution in [0.25, 0.3) is 10.9 Å². The molecule has 0 aliphatic carbocycles. The highest BCUT2D eigenvalue weighted by Crippen LogP contribution is 2.35. The van der Waals surface area contributed by atoms with Gasteiger partial charge in [0, 0.05) is 22.5 Å². The van der Waals surface area contributed by atoms with Gasteiger partial charge in [-0.25, -0.2) is 14.4 Å². The minimum atomic E-state index is -0.823. The Kier molecular flexibility index (Phi) is 9.86. The van der Waals surface area contributed by atoms with Gasteiger partial charge in [-0.1, -0.05) is 20.8 Å². The molecule has 2 aromatic carbocycles. The lowest BCUT2D eigenvalue weighted by atomic mass is 9.85. The number of amides is 3. The average Bonchev–Trinajstić information content (AvgIpc) is 3.46. The number of anilines is 3. The third-order valence-electron chi connectivity index (χ3n) is 7.46. The van der Waals surface area contributed by atoms with E-state index in [9.17, 15) is 18.8 Å². The fraction of sp³-hybridized carbons (Fsp3) is 0.433. The van der Waals surface area contributed by atoms with E-state index in [4.69, 9.17) is 4.74 Å². The van der Waals surface area contributed by atoms with Gasteiger partial charge < -0.3 is 30.9 Å². The maximum atomic E-state index is 13.8. The van der Waals surface area contributed by atoms with Gasteiger partial charge in [0.05, 0.1) is 30.0 Å². The molecule has 1 aliphatic rings. The number of fused-ring (bicyclic) bond motifs is 1. The van der Waals surface area contributed by atoms with Crippen molar-refractivity contribution in [2.75, 3.05) is 31.3 Å². The topological polar surface area (TPSA) is 138 Å². The Morgan fingerprint density at radius 1 is 1.14 bits per heavy atom. The fourth-order valence-electron chi connectivity index (χ4n) is 4.90. The summed E-state index contributed by atoms with van der Waals surface area (Å²) in [7, 11) is 3.16. The number of carbonyl (C=O) groups excluding carboxylic acids is 3. The smallest absolute Gasteiger partial charge is 0.247 e. The first-order valence-electron chi connectivity index (χ1n) is 14.0. The zero-order valence-corrected chi connectivity index (χ0v) is 26.6. The first kappa shape index (κ1) is 32.1. The van der Waals surface area contributed by atoms with Crippen molar-refractivity contribution in [3.63, 3.8) is 0 Å². The molecule has 4 N–H and O–H groups in total. The number of methoxy groups -OCH3 is 1. The number of nitrogens with zero attached hydrogens (tertiary/aromatic N) is 3. The predicted molar refractivity (Wildman–Crippen MR) is 167 cm³/mol. The lowest BCUT2D eigenvalue weighted by Crippen LogP contribution is -2.59. The summed E-state index contributed by atoms with van der Waals surface area (Å²) < 4.78 is 19.7. The second kappa shape index (κ2) is 13.2. The molecule has 230 valence electrons. The van der Waals surface area contributed by atoms with Crippen molar-refractivity contribution in [1.82, 2.24) is 25.5 Å². The summed E-state index contributed by atoms with van der Waals surface area (Å²) in [6.07, 6.45) is 2.51. The quantitative estimate of drug-likeness (QED) is 0.267. The van der Waals surface area contributed by atoms with Gasteiger partial charge in [-0.15, -0.1) is 0 Å². The highest BCUT2D eigenvalue weighted by molar-refractivity contribution is 9.10. The molecular weight excluding hydrogens is 621 g/mol. The number of carbonyl (C=O) groups is 3. The molecule has 3 unspecified atom stereocenters. The Balaban J connectivity index is 1.61. The van der Waals surface area contributed by atoms with E-state index < -0.39 is 23.5 Å². The lowest BCUT2D eigenvalue weighted by Gasteiger charge is -2.36. The third kappa shape index (κ3) is 7.21. The molecule has 0 bridgehead atoms. The number of hydrogen-bond acceptors (Lipinski definition) is 8. The minimum absolute atomic E-state index is 0.295. The van der Waals surface area contributed by atoms with Crippen LogP contribution in [0.3, 0.4) is 0 Å². The Bertz CT molecular complexity index is 1530. The Morgan fingerprint density at radius 2 is 1.88 bits per heavy atom. The molecule has 43 heavy (non-hydrogen) atoms. The predicted octanol–water partition coefficient (Wildman–Crippen LogP) is 4.35. The molecule has 4 rings (SSSR count). The molecule has 0 radical (unpaired) electrons. The van der Waals surface area contributed by atoms with Crippen LogP contribution in [-0.4, -0.2) is 71.4 Å². The van der Waals surface area contributed by atoms with Gasteiger partial charge in [0.25, 0.3) is 0 Å². The van der Waals surface area contributed by atoms with E-state index in [1.165, 1.54) is 25.6 Å². The number of likely N-dealkylation sites (tertiary alicyclic amines) is 1. The summed E-state index contributed by atoms with van der Waals surface area (Å²) >= 11 is 3.36. The zero-order chi connectivity index (χ0) is 31.5. The first-order chi connectivity index (χ1) is 20.3. The number of likely N-dealkylation sites (N-methyl/N-ethyl adjacent to an activating group) is 1. The Morgan fingerprint density at radius 3 is 2.53 bits per heavy atom. The van der Waals surface area contributed by atoms with Crippen LogP contribution in [0.5, 0.6) is 5.75 Å². The van der Waals surface area contributed by atoms with E-state index in [1.807, 2.05) is 20.8 Å². The van der Waals surface area contributed by atoms with Crippen LogP contribution in [0.2, 0.25) is 0 Å². The third-order valence-corrected chi connectivity index (χ3v) is 8.12. The summed E-state index contributed by atoms with van der Waals surface area (Å²) in [6.45, 7) is 7.74. The van der Waals surface area contributed by atoms with Crippen LogP contribution in [0.1, 0.15) is 40.5 Å². The number of nitrogens with one attached hydrogen (secondary N) is 4. The van der Waals surface area contributed by atoms with E-state index in [0.29, 0.717) is 57.7 Å². The molecule has 1 aromatic heterocycles. The number of aromatic nitrogens is 2. The molecule has 1 saturated heterocycles. The zero-order valence-electron chi connectivity index (χ0n) is 25.0. The van der Waals surface area contributed by atoms with Crippen LogP contribution in [0, 0.1) is 11.2 Å². The summed E-state index contributed by atoms with van der Waals surface area (Å²) in [4.78, 5) is 50.4. The maximum Gasteiger partial charge on any atom is 0.247 e. The van der Waals surface area contributed by atoms with E-state index in [1.54, 1.807) is 37.1 Å². The van der Waals surface area contributed by atoms with Crippen molar-refractivity contribution in [2.24, 2.45) is 5.41 Å². The van der Waals surface area contributed by atoms with Crippen molar-refractivity contribution < 1.29 is 23.5 Å². The van der Waals surface area contributed by atoms with Gasteiger partial charge in [-0.2, -0.15) is 0 Å². The highest BCUT2D eigenvalue weighted by atomic mass is 79.9. The molecule has 13 heteroatoms. The monoisotopic (exact) mass is 657 g/mol. The summed E-state index contributed by atoms with van der Waals surface area (Å²) in [5.74, 6) is -0.548. The molecule has 0 saturated carbocycles. The lowest BCUT2D eigenvalue weighted by molar-refractivity contribution is -0.143. The highest BCUT2D eigenvalue weighted by Gasteiger charge is 2.42. The van der Waals surface area contributed by atoms with Crippen molar-refractivity contribution >= 4 is 61.7 Å². The van der Waals surface area contributed by atoms with E-state index in [2.05, 4.69) is 47.2 Å². The largest absolute Gasteiger partial charge is 0.494 e. The minimum Gasteiger partial charge on any atom is -0.494 e. The normalized spacial score (nSPS) is 16.5. The second-order valence-electron chi connectivity index (χ2n) is 11.5. The molecule has 3 amide bonds. The van der Waals surface area contributed by atoms with Crippen LogP contribution < -0.4 is 26.0 Å². The standard InChI is InChI=1S/C30H37BrFN7O4/c1-16(33-5)27(40)38-25(30(2,3)4)29(42)39-11-7-8-23(39)28(41)37-22-13-18-21(14-24(22)43-6)34-15-35-26(18)36-20-10-9-17(32)12-19(20)31/h9-10,12-16,23,25,33H,7-8,11H2,1-6H3,(H,37,41)(H,38,40)(H,34,35,36). The van der Waals surface area contributed by atoms with Crippen LogP contribution in [-0.2, 0) is 14.4 Å². The Hall–Kier alpha value is -3.84. The van der Waals surface area contributed by atoms with Gasteiger partial charge >= 0.3 is 0 Å². The van der Waals surface area contributed by atoms with Gasteiger partial charge in [0.2, 0.25) is 17.7 Å². The number of hydrogen-bond donors (Lipinski definition) is 4. The molecule has 3 aromatic rings. The molecule has 2 heterocycles. The van der Waals surface area contributed by atoms with E-state index in [-0.39, 0.29) is 23.5 Å². The number of ether oxygens (including phenoxy) is 1. The molecule has 1 aliphatic heterocycles. The Labute approximate surface area is 258 Å². The summed E-state index contributed by atoms with van der Waals surface area (Å²) in [6, 6.07) is 5.59. The average molecular weight is 659 g/mol. The summed E-state index contributed by atoms with van der Waals surface area (Å²) in [5, 5.41) is 12.5. The molecule has 0 spiro atoms. The number of benzene rings is 2.